The molecular weight excluding hydrogens is 435 g/mol. The fraction of sp³-hybridized carbons (Fsp3) is 0.348. The van der Waals surface area contributed by atoms with Gasteiger partial charge in [-0.25, -0.2) is 14.8 Å². The van der Waals surface area contributed by atoms with Crippen molar-refractivity contribution < 1.29 is 23.1 Å². The number of carboxylic acid groups (broad SMARTS) is 1. The molecule has 0 amide bonds. The number of aromatic nitrogens is 4. The van der Waals surface area contributed by atoms with E-state index in [1.807, 2.05) is 19.2 Å². The highest BCUT2D eigenvalue weighted by Gasteiger charge is 2.38. The molecule has 10 heteroatoms. The van der Waals surface area contributed by atoms with Crippen molar-refractivity contribution in [2.24, 2.45) is 0 Å². The number of H-pyrrole nitrogens is 2. The zero-order valence-corrected chi connectivity index (χ0v) is 18.2. The van der Waals surface area contributed by atoms with E-state index in [0.29, 0.717) is 0 Å². The van der Waals surface area contributed by atoms with E-state index in [0.717, 1.165) is 46.3 Å². The highest BCUT2D eigenvalue weighted by atomic mass is 19.4. The van der Waals surface area contributed by atoms with Crippen molar-refractivity contribution in [3.05, 3.63) is 47.9 Å². The number of rotatable bonds is 4. The number of hydrogen-bond donors (Lipinski definition) is 3. The minimum atomic E-state index is -5.08. The van der Waals surface area contributed by atoms with Gasteiger partial charge in [-0.15, -0.1) is 0 Å². The van der Waals surface area contributed by atoms with Crippen LogP contribution in [0.3, 0.4) is 0 Å². The van der Waals surface area contributed by atoms with Gasteiger partial charge in [0, 0.05) is 40.9 Å². The molecule has 3 aromatic heterocycles. The van der Waals surface area contributed by atoms with Crippen LogP contribution in [0.4, 0.5) is 13.2 Å². The number of benzene rings is 1. The molecule has 0 aliphatic heterocycles. The first-order chi connectivity index (χ1) is 15.6. The summed E-state index contributed by atoms with van der Waals surface area (Å²) in [5.74, 6) is -1.87. The summed E-state index contributed by atoms with van der Waals surface area (Å²) in [5, 5.41) is 8.38. The highest BCUT2D eigenvalue weighted by Crippen LogP contribution is 2.30. The molecule has 1 saturated carbocycles. The highest BCUT2D eigenvalue weighted by molar-refractivity contribution is 5.94. The lowest BCUT2D eigenvalue weighted by molar-refractivity contribution is -0.192. The maximum atomic E-state index is 10.6. The Morgan fingerprint density at radius 1 is 1.21 bits per heavy atom. The van der Waals surface area contributed by atoms with Gasteiger partial charge < -0.3 is 15.1 Å². The van der Waals surface area contributed by atoms with Gasteiger partial charge in [0.25, 0.3) is 0 Å². The smallest absolute Gasteiger partial charge is 0.475 e. The SMILES string of the molecule is Cc1nc2nccc(-c3cc4cc(CN(C)C5CCC5)ccc4[nH]3)c2[nH]1.O=C(O)C(F)(F)F. The Labute approximate surface area is 187 Å². The van der Waals surface area contributed by atoms with E-state index in [9.17, 15) is 13.2 Å². The number of aryl methyl sites for hydroxylation is 1. The summed E-state index contributed by atoms with van der Waals surface area (Å²) in [6.07, 6.45) is 0.800. The van der Waals surface area contributed by atoms with Crippen LogP contribution in [0.15, 0.2) is 36.5 Å². The van der Waals surface area contributed by atoms with E-state index in [-0.39, 0.29) is 0 Å². The van der Waals surface area contributed by atoms with Crippen molar-refractivity contribution in [1.29, 1.82) is 0 Å². The van der Waals surface area contributed by atoms with Gasteiger partial charge in [-0.3, -0.25) is 4.90 Å². The van der Waals surface area contributed by atoms with Gasteiger partial charge >= 0.3 is 12.1 Å². The lowest BCUT2D eigenvalue weighted by Crippen LogP contribution is -2.36. The predicted molar refractivity (Wildman–Crippen MR) is 119 cm³/mol. The zero-order valence-electron chi connectivity index (χ0n) is 18.2. The van der Waals surface area contributed by atoms with Gasteiger partial charge in [-0.1, -0.05) is 12.5 Å². The largest absolute Gasteiger partial charge is 0.490 e. The predicted octanol–water partition coefficient (Wildman–Crippen LogP) is 5.03. The molecule has 0 unspecified atom stereocenters. The van der Waals surface area contributed by atoms with E-state index >= 15 is 0 Å². The van der Waals surface area contributed by atoms with Gasteiger partial charge in [0.15, 0.2) is 5.65 Å². The second kappa shape index (κ2) is 8.86. The first-order valence-corrected chi connectivity index (χ1v) is 10.6. The normalized spacial score (nSPS) is 14.4. The second-order valence-electron chi connectivity index (χ2n) is 8.29. The summed E-state index contributed by atoms with van der Waals surface area (Å²) in [4.78, 5) is 27.1. The van der Waals surface area contributed by atoms with Crippen LogP contribution in [-0.2, 0) is 11.3 Å². The molecule has 0 radical (unpaired) electrons. The van der Waals surface area contributed by atoms with Crippen LogP contribution < -0.4 is 0 Å². The number of nitrogens with one attached hydrogen (secondary N) is 2. The number of nitrogens with zero attached hydrogens (tertiary/aromatic N) is 3. The Morgan fingerprint density at radius 2 is 1.94 bits per heavy atom. The molecule has 1 aliphatic rings. The Morgan fingerprint density at radius 3 is 2.58 bits per heavy atom. The lowest BCUT2D eigenvalue weighted by Gasteiger charge is -2.34. The van der Waals surface area contributed by atoms with Crippen LogP contribution in [-0.4, -0.2) is 55.2 Å². The molecule has 1 aromatic carbocycles. The standard InChI is InChI=1S/C21H23N5.C2HF3O2/c1-13-23-20-17(8-9-22-21(20)24-13)19-11-15-10-14(6-7-18(15)25-19)12-26(2)16-4-3-5-16;3-2(4,5)1(6)7/h6-11,16,25H,3-5,12H2,1-2H3,(H,22,23,24);(H,6,7). The number of halogens is 3. The number of aromatic amines is 2. The molecule has 0 atom stereocenters. The third-order valence-electron chi connectivity index (χ3n) is 5.86. The first kappa shape index (κ1) is 22.8. The van der Waals surface area contributed by atoms with Crippen molar-refractivity contribution >= 4 is 28.0 Å². The Kier molecular flexibility index (Phi) is 6.11. The number of pyridine rings is 1. The van der Waals surface area contributed by atoms with Gasteiger partial charge in [0.05, 0.1) is 5.52 Å². The van der Waals surface area contributed by atoms with Gasteiger partial charge in [0.2, 0.25) is 0 Å². The Balaban J connectivity index is 0.000000325. The van der Waals surface area contributed by atoms with Crippen molar-refractivity contribution in [2.75, 3.05) is 7.05 Å². The number of imidazole rings is 1. The molecule has 3 N–H and O–H groups in total. The maximum Gasteiger partial charge on any atom is 0.490 e. The molecule has 1 aliphatic carbocycles. The second-order valence-corrected chi connectivity index (χ2v) is 8.29. The third-order valence-corrected chi connectivity index (χ3v) is 5.86. The summed E-state index contributed by atoms with van der Waals surface area (Å²) in [6.45, 7) is 2.97. The van der Waals surface area contributed by atoms with Gasteiger partial charge in [-0.05, 0) is 56.6 Å². The van der Waals surface area contributed by atoms with E-state index in [4.69, 9.17) is 9.90 Å². The van der Waals surface area contributed by atoms with E-state index in [1.165, 1.54) is 30.2 Å². The molecule has 5 rings (SSSR count). The summed E-state index contributed by atoms with van der Waals surface area (Å²) in [7, 11) is 2.24. The third kappa shape index (κ3) is 5.00. The van der Waals surface area contributed by atoms with Crippen LogP contribution in [0.5, 0.6) is 0 Å². The number of carboxylic acids is 1. The molecule has 3 heterocycles. The van der Waals surface area contributed by atoms with Gasteiger partial charge in [0.1, 0.15) is 5.82 Å². The van der Waals surface area contributed by atoms with Crippen LogP contribution in [0.1, 0.15) is 30.7 Å². The Hall–Kier alpha value is -3.40. The number of aliphatic carboxylic acids is 1. The zero-order chi connectivity index (χ0) is 23.8. The van der Waals surface area contributed by atoms with Crippen molar-refractivity contribution in [3.63, 3.8) is 0 Å². The number of fused-ring (bicyclic) bond motifs is 2. The summed E-state index contributed by atoms with van der Waals surface area (Å²) >= 11 is 0. The number of alkyl halides is 3. The summed E-state index contributed by atoms with van der Waals surface area (Å²) in [6, 6.07) is 11.8. The average molecular weight is 459 g/mol. The van der Waals surface area contributed by atoms with Crippen LogP contribution >= 0.6 is 0 Å². The lowest BCUT2D eigenvalue weighted by atomic mass is 9.91. The molecule has 7 nitrogen and oxygen atoms in total. The average Bonchev–Trinajstić information content (AvgIpc) is 3.27. The summed E-state index contributed by atoms with van der Waals surface area (Å²) in [5.41, 5.74) is 6.49. The quantitative estimate of drug-likeness (QED) is 0.398. The van der Waals surface area contributed by atoms with Crippen LogP contribution in [0, 0.1) is 6.92 Å². The van der Waals surface area contributed by atoms with Crippen molar-refractivity contribution in [2.45, 2.75) is 44.9 Å². The fourth-order valence-electron chi connectivity index (χ4n) is 3.92. The van der Waals surface area contributed by atoms with Crippen molar-refractivity contribution in [3.8, 4) is 11.3 Å². The molecule has 33 heavy (non-hydrogen) atoms. The monoisotopic (exact) mass is 459 g/mol. The molecule has 0 saturated heterocycles. The minimum Gasteiger partial charge on any atom is -0.475 e. The molecule has 4 aromatic rings. The topological polar surface area (TPSA) is 97.9 Å². The molecule has 174 valence electrons. The molecule has 0 bridgehead atoms. The van der Waals surface area contributed by atoms with Gasteiger partial charge in [-0.2, -0.15) is 13.2 Å². The van der Waals surface area contributed by atoms with E-state index < -0.39 is 12.1 Å². The van der Waals surface area contributed by atoms with Crippen molar-refractivity contribution in [1.82, 2.24) is 24.8 Å². The minimum absolute atomic E-state index is 0.765. The van der Waals surface area contributed by atoms with E-state index in [1.54, 1.807) is 0 Å². The fourth-order valence-corrected chi connectivity index (χ4v) is 3.92. The molecular formula is C23H24F3N5O2. The first-order valence-electron chi connectivity index (χ1n) is 10.6. The van der Waals surface area contributed by atoms with Crippen LogP contribution in [0.2, 0.25) is 0 Å². The number of hydrogen-bond acceptors (Lipinski definition) is 4. The molecule has 1 fully saturated rings. The molecule has 0 spiro atoms. The van der Waals surface area contributed by atoms with E-state index in [2.05, 4.69) is 56.1 Å². The van der Waals surface area contributed by atoms with Crippen LogP contribution in [0.25, 0.3) is 33.3 Å². The summed E-state index contributed by atoms with van der Waals surface area (Å²) < 4.78 is 31.7. The number of carbonyl (C=O) groups is 1. The maximum absolute atomic E-state index is 10.6. The Bertz CT molecular complexity index is 1290.